The molecule has 2 aromatic rings. The smallest absolute Gasteiger partial charge is 0.0649 e. The van der Waals surface area contributed by atoms with E-state index in [4.69, 9.17) is 5.10 Å². The van der Waals surface area contributed by atoms with Gasteiger partial charge >= 0.3 is 0 Å². The van der Waals surface area contributed by atoms with Gasteiger partial charge in [0.05, 0.1) is 18.0 Å². The van der Waals surface area contributed by atoms with Crippen LogP contribution in [-0.4, -0.2) is 21.0 Å². The highest BCUT2D eigenvalue weighted by Gasteiger charge is 2.60. The fourth-order valence-electron chi connectivity index (χ4n) is 8.34. The van der Waals surface area contributed by atoms with Crippen LogP contribution in [-0.2, 0) is 12.8 Å². The lowest BCUT2D eigenvalue weighted by atomic mass is 9.45. The summed E-state index contributed by atoms with van der Waals surface area (Å²) in [5.41, 5.74) is 4.65. The number of fused-ring (bicyclic) bond motifs is 6. The van der Waals surface area contributed by atoms with Crippen LogP contribution in [0.4, 0.5) is 0 Å². The third-order valence-corrected chi connectivity index (χ3v) is 10.6. The molecule has 3 saturated carbocycles. The Morgan fingerprint density at radius 3 is 2.57 bits per heavy atom. The summed E-state index contributed by atoms with van der Waals surface area (Å²) in [5, 5.41) is 15.5. The number of halogens is 1. The molecule has 4 aliphatic rings. The van der Waals surface area contributed by atoms with E-state index in [1.54, 1.807) is 0 Å². The number of rotatable bonds is 1. The van der Waals surface area contributed by atoms with Crippen LogP contribution in [0.5, 0.6) is 0 Å². The Morgan fingerprint density at radius 1 is 1.00 bits per heavy atom. The van der Waals surface area contributed by atoms with Crippen LogP contribution in [0.25, 0.3) is 5.69 Å². The second-order valence-electron chi connectivity index (χ2n) is 11.2. The van der Waals surface area contributed by atoms with Gasteiger partial charge in [0.2, 0.25) is 0 Å². The zero-order chi connectivity index (χ0) is 20.7. The molecule has 30 heavy (non-hydrogen) atoms. The van der Waals surface area contributed by atoms with Gasteiger partial charge in [0.1, 0.15) is 0 Å². The van der Waals surface area contributed by atoms with Crippen molar-refractivity contribution >= 4 is 15.9 Å². The quantitative estimate of drug-likeness (QED) is 0.560. The van der Waals surface area contributed by atoms with Crippen LogP contribution >= 0.6 is 15.9 Å². The highest BCUT2D eigenvalue weighted by molar-refractivity contribution is 9.10. The molecule has 0 saturated heterocycles. The summed E-state index contributed by atoms with van der Waals surface area (Å²) >= 11 is 3.55. The molecular formula is C26H33BrN2O. The van der Waals surface area contributed by atoms with Crippen LogP contribution in [0.3, 0.4) is 0 Å². The minimum Gasteiger partial charge on any atom is -0.393 e. The Kier molecular flexibility index (Phi) is 4.35. The lowest BCUT2D eigenvalue weighted by Gasteiger charge is -2.60. The Balaban J connectivity index is 1.33. The molecule has 1 aromatic heterocycles. The maximum atomic E-state index is 10.7. The van der Waals surface area contributed by atoms with Crippen LogP contribution in [0.15, 0.2) is 34.9 Å². The van der Waals surface area contributed by atoms with Gasteiger partial charge in [-0.1, -0.05) is 29.8 Å². The molecule has 4 heteroatoms. The SMILES string of the molecule is C[C@]12Cc3cnn(-c4ccc(Br)cc4)c3C[C@@H]1CC[C@@H]1[C@@H]2CC[C@]2(C)[C@@H](O)CC[C@@H]12. The fourth-order valence-corrected chi connectivity index (χ4v) is 8.60. The molecule has 1 aromatic carbocycles. The molecule has 1 N–H and O–H groups in total. The minimum absolute atomic E-state index is 0.0731. The lowest BCUT2D eigenvalue weighted by Crippen LogP contribution is -2.54. The van der Waals surface area contributed by atoms with Gasteiger partial charge in [-0.05, 0) is 116 Å². The molecule has 0 unspecified atom stereocenters. The van der Waals surface area contributed by atoms with Crippen molar-refractivity contribution in [2.75, 3.05) is 0 Å². The predicted molar refractivity (Wildman–Crippen MR) is 123 cm³/mol. The van der Waals surface area contributed by atoms with E-state index in [0.717, 1.165) is 41.0 Å². The second-order valence-corrected chi connectivity index (χ2v) is 12.1. The van der Waals surface area contributed by atoms with Crippen LogP contribution in [0, 0.1) is 34.5 Å². The second kappa shape index (κ2) is 6.68. The molecule has 6 rings (SSSR count). The molecular weight excluding hydrogens is 436 g/mol. The van der Waals surface area contributed by atoms with Gasteiger partial charge in [-0.25, -0.2) is 4.68 Å². The summed E-state index contributed by atoms with van der Waals surface area (Å²) in [5.74, 6) is 3.11. The first-order valence-corrected chi connectivity index (χ1v) is 12.7. The highest BCUT2D eigenvalue weighted by Crippen LogP contribution is 2.65. The largest absolute Gasteiger partial charge is 0.393 e. The molecule has 4 aliphatic carbocycles. The molecule has 0 amide bonds. The average molecular weight is 469 g/mol. The maximum absolute atomic E-state index is 10.7. The summed E-state index contributed by atoms with van der Waals surface area (Å²) in [7, 11) is 0. The van der Waals surface area contributed by atoms with Gasteiger partial charge in [0.15, 0.2) is 0 Å². The summed E-state index contributed by atoms with van der Waals surface area (Å²) in [6.45, 7) is 4.99. The molecule has 0 bridgehead atoms. The van der Waals surface area contributed by atoms with Crippen molar-refractivity contribution in [1.29, 1.82) is 0 Å². The van der Waals surface area contributed by atoms with Crippen molar-refractivity contribution in [2.45, 2.75) is 71.3 Å². The van der Waals surface area contributed by atoms with Crippen molar-refractivity contribution in [3.05, 3.63) is 46.2 Å². The van der Waals surface area contributed by atoms with E-state index in [9.17, 15) is 5.11 Å². The van der Waals surface area contributed by atoms with E-state index in [0.29, 0.717) is 5.41 Å². The Hall–Kier alpha value is -1.13. The molecule has 160 valence electrons. The third kappa shape index (κ3) is 2.62. The normalized spacial score (nSPS) is 42.2. The van der Waals surface area contributed by atoms with Gasteiger partial charge < -0.3 is 5.11 Å². The first-order valence-electron chi connectivity index (χ1n) is 11.9. The van der Waals surface area contributed by atoms with Gasteiger partial charge in [0, 0.05) is 10.2 Å². The monoisotopic (exact) mass is 468 g/mol. The van der Waals surface area contributed by atoms with E-state index in [1.807, 2.05) is 0 Å². The molecule has 0 spiro atoms. The predicted octanol–water partition coefficient (Wildman–Crippen LogP) is 5.95. The number of aromatic nitrogens is 2. The van der Waals surface area contributed by atoms with E-state index >= 15 is 0 Å². The number of hydrogen-bond acceptors (Lipinski definition) is 2. The molecule has 7 atom stereocenters. The van der Waals surface area contributed by atoms with E-state index in [-0.39, 0.29) is 11.5 Å². The van der Waals surface area contributed by atoms with Crippen molar-refractivity contribution in [2.24, 2.45) is 34.5 Å². The number of hydrogen-bond donors (Lipinski definition) is 1. The Morgan fingerprint density at radius 2 is 1.77 bits per heavy atom. The van der Waals surface area contributed by atoms with Gasteiger partial charge in [0.25, 0.3) is 0 Å². The van der Waals surface area contributed by atoms with Crippen molar-refractivity contribution < 1.29 is 5.11 Å². The van der Waals surface area contributed by atoms with E-state index < -0.39 is 0 Å². The van der Waals surface area contributed by atoms with Gasteiger partial charge in [-0.3, -0.25) is 0 Å². The lowest BCUT2D eigenvalue weighted by molar-refractivity contribution is -0.111. The van der Waals surface area contributed by atoms with Crippen LogP contribution in [0.2, 0.25) is 0 Å². The highest BCUT2D eigenvalue weighted by atomic mass is 79.9. The van der Waals surface area contributed by atoms with Crippen molar-refractivity contribution in [3.63, 3.8) is 0 Å². The molecule has 3 fully saturated rings. The summed E-state index contributed by atoms with van der Waals surface area (Å²) in [4.78, 5) is 0. The van der Waals surface area contributed by atoms with E-state index in [2.05, 4.69) is 64.9 Å². The number of aliphatic hydroxyl groups excluding tert-OH is 1. The average Bonchev–Trinajstić information content (AvgIpc) is 3.27. The third-order valence-electron chi connectivity index (χ3n) is 10.1. The van der Waals surface area contributed by atoms with Crippen LogP contribution < -0.4 is 0 Å². The summed E-state index contributed by atoms with van der Waals surface area (Å²) < 4.78 is 3.30. The molecule has 0 radical (unpaired) electrons. The maximum Gasteiger partial charge on any atom is 0.0649 e. The van der Waals surface area contributed by atoms with E-state index in [1.165, 1.54) is 55.5 Å². The zero-order valence-corrected chi connectivity index (χ0v) is 19.7. The van der Waals surface area contributed by atoms with Crippen LogP contribution in [0.1, 0.15) is 63.6 Å². The number of benzene rings is 1. The fraction of sp³-hybridized carbons (Fsp3) is 0.654. The number of nitrogens with zero attached hydrogens (tertiary/aromatic N) is 2. The summed E-state index contributed by atoms with van der Waals surface area (Å²) in [6, 6.07) is 8.54. The zero-order valence-electron chi connectivity index (χ0n) is 18.1. The minimum atomic E-state index is -0.0731. The Bertz CT molecular complexity index is 968. The topological polar surface area (TPSA) is 38.0 Å². The summed E-state index contributed by atoms with van der Waals surface area (Å²) in [6.07, 6.45) is 11.9. The van der Waals surface area contributed by atoms with Crippen molar-refractivity contribution in [3.8, 4) is 5.69 Å². The molecule has 1 heterocycles. The Labute approximate surface area is 188 Å². The standard InChI is InChI=1S/C26H33BrN2O/c1-25-12-11-22-20(21(25)9-10-24(25)30)8-3-17-13-23-16(14-26(17,22)2)15-28-29(23)19-6-4-18(27)5-7-19/h4-7,15,17,20-22,24,30H,3,8-14H2,1-2H3/t17-,20-,21-,22-,24-,25-,26-/m0/s1. The first kappa shape index (κ1) is 19.5. The molecule has 0 aliphatic heterocycles. The molecule has 3 nitrogen and oxygen atoms in total. The van der Waals surface area contributed by atoms with Gasteiger partial charge in [-0.15, -0.1) is 0 Å². The van der Waals surface area contributed by atoms with Crippen molar-refractivity contribution in [1.82, 2.24) is 9.78 Å². The van der Waals surface area contributed by atoms with Gasteiger partial charge in [-0.2, -0.15) is 5.10 Å². The first-order chi connectivity index (χ1) is 14.4. The number of aliphatic hydroxyl groups is 1.